The summed E-state index contributed by atoms with van der Waals surface area (Å²) >= 11 is 0. The van der Waals surface area contributed by atoms with Crippen LogP contribution in [0.4, 0.5) is 4.79 Å². The lowest BCUT2D eigenvalue weighted by Crippen LogP contribution is -2.41. The quantitative estimate of drug-likeness (QED) is 0.685. The predicted molar refractivity (Wildman–Crippen MR) is 73.6 cm³/mol. The Hall–Kier alpha value is -1.52. The Bertz CT molecular complexity index is 381. The van der Waals surface area contributed by atoms with Gasteiger partial charge in [0.15, 0.2) is 0 Å². The molecule has 1 aliphatic heterocycles. The fourth-order valence-corrected chi connectivity index (χ4v) is 1.89. The number of likely N-dealkylation sites (tertiary alicyclic amines) is 1. The van der Waals surface area contributed by atoms with Gasteiger partial charge in [-0.05, 0) is 40.0 Å². The molecule has 0 aromatic carbocycles. The molecule has 5 nitrogen and oxygen atoms in total. The number of rotatable bonds is 1. The maximum atomic E-state index is 12.3. The summed E-state index contributed by atoms with van der Waals surface area (Å²) in [4.78, 5) is 27.4. The molecule has 1 rings (SSSR count). The lowest BCUT2D eigenvalue weighted by molar-refractivity contribution is -0.126. The average molecular weight is 268 g/mol. The molecular formula is C14H24N2O3. The van der Waals surface area contributed by atoms with Crippen molar-refractivity contribution in [3.05, 3.63) is 11.8 Å². The third kappa shape index (κ3) is 4.93. The van der Waals surface area contributed by atoms with Gasteiger partial charge in [-0.25, -0.2) is 9.69 Å². The van der Waals surface area contributed by atoms with Crippen molar-refractivity contribution >= 4 is 12.0 Å². The summed E-state index contributed by atoms with van der Waals surface area (Å²) in [6, 6.07) is 0. The molecule has 0 unspecified atom stereocenters. The molecule has 1 saturated heterocycles. The zero-order valence-electron chi connectivity index (χ0n) is 12.5. The third-order valence-electron chi connectivity index (χ3n) is 2.63. The highest BCUT2D eigenvalue weighted by molar-refractivity contribution is 6.02. The van der Waals surface area contributed by atoms with Gasteiger partial charge in [-0.1, -0.05) is 0 Å². The molecular weight excluding hydrogens is 244 g/mol. The van der Waals surface area contributed by atoms with Gasteiger partial charge in [0.05, 0.1) is 0 Å². The first kappa shape index (κ1) is 15.5. The van der Waals surface area contributed by atoms with Crippen LogP contribution in [-0.2, 0) is 9.53 Å². The van der Waals surface area contributed by atoms with Crippen LogP contribution in [-0.4, -0.2) is 48.0 Å². The van der Waals surface area contributed by atoms with Crippen molar-refractivity contribution in [2.75, 3.05) is 20.6 Å². The molecule has 2 amide bonds. The van der Waals surface area contributed by atoms with Crippen LogP contribution in [0.1, 0.15) is 40.0 Å². The summed E-state index contributed by atoms with van der Waals surface area (Å²) in [5, 5.41) is 0. The van der Waals surface area contributed by atoms with Gasteiger partial charge < -0.3 is 9.64 Å². The van der Waals surface area contributed by atoms with Crippen LogP contribution in [0, 0.1) is 0 Å². The summed E-state index contributed by atoms with van der Waals surface area (Å²) in [5.41, 5.74) is 0.0723. The van der Waals surface area contributed by atoms with Crippen molar-refractivity contribution in [1.29, 1.82) is 0 Å². The van der Waals surface area contributed by atoms with Crippen molar-refractivity contribution in [2.45, 2.75) is 45.6 Å². The standard InChI is InChI=1S/C14H24N2O3/c1-14(2,3)19-13(18)16-9-7-6-8-11(12(16)17)10-15(4)5/h10H,6-9H2,1-5H3/b11-10+. The molecule has 0 spiro atoms. The van der Waals surface area contributed by atoms with Crippen LogP contribution in [0.25, 0.3) is 0 Å². The summed E-state index contributed by atoms with van der Waals surface area (Å²) in [7, 11) is 3.73. The van der Waals surface area contributed by atoms with Crippen molar-refractivity contribution in [2.24, 2.45) is 0 Å². The molecule has 19 heavy (non-hydrogen) atoms. The fraction of sp³-hybridized carbons (Fsp3) is 0.714. The minimum Gasteiger partial charge on any atom is -0.443 e. The van der Waals surface area contributed by atoms with E-state index >= 15 is 0 Å². The average Bonchev–Trinajstić information content (AvgIpc) is 2.39. The Morgan fingerprint density at radius 3 is 2.47 bits per heavy atom. The normalized spacial score (nSPS) is 19.3. The Kier molecular flexibility index (Phi) is 4.97. The Morgan fingerprint density at radius 1 is 1.32 bits per heavy atom. The minimum absolute atomic E-state index is 0.236. The highest BCUT2D eigenvalue weighted by Crippen LogP contribution is 2.20. The number of carbonyl (C=O) groups excluding carboxylic acids is 2. The van der Waals surface area contributed by atoms with Gasteiger partial charge in [0, 0.05) is 32.4 Å². The molecule has 0 N–H and O–H groups in total. The number of carbonyl (C=O) groups is 2. The zero-order valence-corrected chi connectivity index (χ0v) is 12.5. The third-order valence-corrected chi connectivity index (χ3v) is 2.63. The molecule has 0 saturated carbocycles. The van der Waals surface area contributed by atoms with Gasteiger partial charge in [0.2, 0.25) is 0 Å². The van der Waals surface area contributed by atoms with Crippen molar-refractivity contribution < 1.29 is 14.3 Å². The highest BCUT2D eigenvalue weighted by Gasteiger charge is 2.30. The Morgan fingerprint density at radius 2 is 1.95 bits per heavy atom. The number of imide groups is 1. The minimum atomic E-state index is -0.588. The van der Waals surface area contributed by atoms with Crippen LogP contribution in [0.2, 0.25) is 0 Å². The maximum Gasteiger partial charge on any atom is 0.417 e. The predicted octanol–water partition coefficient (Wildman–Crippen LogP) is 2.38. The molecule has 108 valence electrons. The molecule has 0 radical (unpaired) electrons. The van der Waals surface area contributed by atoms with Crippen LogP contribution >= 0.6 is 0 Å². The first-order valence-electron chi connectivity index (χ1n) is 6.62. The molecule has 0 aliphatic carbocycles. The Labute approximate surface area is 115 Å². The molecule has 5 heteroatoms. The first-order chi connectivity index (χ1) is 8.70. The Balaban J connectivity index is 2.87. The van der Waals surface area contributed by atoms with E-state index in [0.717, 1.165) is 12.8 Å². The number of ether oxygens (including phenoxy) is 1. The van der Waals surface area contributed by atoms with Crippen LogP contribution in [0.3, 0.4) is 0 Å². The van der Waals surface area contributed by atoms with E-state index in [4.69, 9.17) is 4.74 Å². The lowest BCUT2D eigenvalue weighted by atomic mass is 10.1. The van der Waals surface area contributed by atoms with E-state index in [1.807, 2.05) is 19.0 Å². The van der Waals surface area contributed by atoms with Gasteiger partial charge in [-0.2, -0.15) is 0 Å². The summed E-state index contributed by atoms with van der Waals surface area (Å²) in [5.74, 6) is -0.236. The van der Waals surface area contributed by atoms with Crippen molar-refractivity contribution in [3.63, 3.8) is 0 Å². The van der Waals surface area contributed by atoms with E-state index in [1.54, 1.807) is 27.0 Å². The second-order valence-corrected chi connectivity index (χ2v) is 6.01. The maximum absolute atomic E-state index is 12.3. The molecule has 0 aromatic heterocycles. The molecule has 0 atom stereocenters. The topological polar surface area (TPSA) is 49.9 Å². The highest BCUT2D eigenvalue weighted by atomic mass is 16.6. The number of amides is 2. The monoisotopic (exact) mass is 268 g/mol. The van der Waals surface area contributed by atoms with Crippen LogP contribution in [0.5, 0.6) is 0 Å². The van der Waals surface area contributed by atoms with Gasteiger partial charge in [0.25, 0.3) is 5.91 Å². The SMILES string of the molecule is CN(C)/C=C1\CCCCN(C(=O)OC(C)(C)C)C1=O. The van der Waals surface area contributed by atoms with E-state index < -0.39 is 11.7 Å². The summed E-state index contributed by atoms with van der Waals surface area (Å²) in [6.45, 7) is 5.82. The van der Waals surface area contributed by atoms with Gasteiger partial charge in [-0.15, -0.1) is 0 Å². The summed E-state index contributed by atoms with van der Waals surface area (Å²) in [6.07, 6.45) is 3.66. The zero-order chi connectivity index (χ0) is 14.6. The second kappa shape index (κ2) is 6.08. The van der Waals surface area contributed by atoms with Gasteiger partial charge >= 0.3 is 6.09 Å². The molecule has 1 heterocycles. The number of hydrogen-bond donors (Lipinski definition) is 0. The van der Waals surface area contributed by atoms with Crippen LogP contribution < -0.4 is 0 Å². The largest absolute Gasteiger partial charge is 0.443 e. The van der Waals surface area contributed by atoms with Crippen LogP contribution in [0.15, 0.2) is 11.8 Å². The van der Waals surface area contributed by atoms with Crippen molar-refractivity contribution in [1.82, 2.24) is 9.80 Å². The van der Waals surface area contributed by atoms with Gasteiger partial charge in [0.1, 0.15) is 5.60 Å². The number of hydrogen-bond acceptors (Lipinski definition) is 4. The molecule has 1 fully saturated rings. The van der Waals surface area contributed by atoms with E-state index in [2.05, 4.69) is 0 Å². The molecule has 0 aromatic rings. The number of nitrogens with zero attached hydrogens (tertiary/aromatic N) is 2. The van der Waals surface area contributed by atoms with E-state index in [9.17, 15) is 9.59 Å². The molecule has 0 bridgehead atoms. The van der Waals surface area contributed by atoms with Crippen molar-refractivity contribution in [3.8, 4) is 0 Å². The van der Waals surface area contributed by atoms with Gasteiger partial charge in [-0.3, -0.25) is 4.79 Å². The summed E-state index contributed by atoms with van der Waals surface area (Å²) < 4.78 is 5.28. The van der Waals surface area contributed by atoms with E-state index in [1.165, 1.54) is 4.90 Å². The molecule has 1 aliphatic rings. The first-order valence-corrected chi connectivity index (χ1v) is 6.62. The lowest BCUT2D eigenvalue weighted by Gasteiger charge is -2.25. The fourth-order valence-electron chi connectivity index (χ4n) is 1.89. The van der Waals surface area contributed by atoms with E-state index in [0.29, 0.717) is 18.5 Å². The smallest absolute Gasteiger partial charge is 0.417 e. The second-order valence-electron chi connectivity index (χ2n) is 6.01. The van der Waals surface area contributed by atoms with E-state index in [-0.39, 0.29) is 5.91 Å².